The van der Waals surface area contributed by atoms with E-state index in [1.54, 1.807) is 29.2 Å². The quantitative estimate of drug-likeness (QED) is 0.804. The molecule has 1 saturated heterocycles. The molecule has 7 heteroatoms. The zero-order chi connectivity index (χ0) is 20.4. The first-order valence-corrected chi connectivity index (χ1v) is 9.86. The van der Waals surface area contributed by atoms with Crippen molar-refractivity contribution in [2.24, 2.45) is 0 Å². The van der Waals surface area contributed by atoms with E-state index in [2.05, 4.69) is 10.2 Å². The van der Waals surface area contributed by atoms with Gasteiger partial charge < -0.3 is 10.2 Å². The van der Waals surface area contributed by atoms with Crippen LogP contribution in [0.25, 0.3) is 0 Å². The maximum Gasteiger partial charge on any atom is 0.311 e. The molecule has 1 heterocycles. The van der Waals surface area contributed by atoms with Crippen LogP contribution in [-0.4, -0.2) is 53.8 Å². The second kappa shape index (κ2) is 8.29. The lowest BCUT2D eigenvalue weighted by Gasteiger charge is -2.39. The number of carbonyl (C=O) groups is 2. The fourth-order valence-electron chi connectivity index (χ4n) is 3.71. The Morgan fingerprint density at radius 1 is 0.828 bits per heavy atom. The van der Waals surface area contributed by atoms with Gasteiger partial charge in [0.2, 0.25) is 0 Å². The van der Waals surface area contributed by atoms with Gasteiger partial charge in [-0.25, -0.2) is 8.78 Å². The highest BCUT2D eigenvalue weighted by Gasteiger charge is 2.32. The first-order chi connectivity index (χ1) is 14.0. The number of rotatable bonds is 4. The number of piperazine rings is 1. The van der Waals surface area contributed by atoms with Crippen molar-refractivity contribution in [3.05, 3.63) is 71.3 Å². The molecule has 2 amide bonds. The summed E-state index contributed by atoms with van der Waals surface area (Å²) in [7, 11) is 0. The van der Waals surface area contributed by atoms with Gasteiger partial charge in [0.15, 0.2) is 0 Å². The summed E-state index contributed by atoms with van der Waals surface area (Å²) >= 11 is 0. The molecule has 0 bridgehead atoms. The van der Waals surface area contributed by atoms with Crippen LogP contribution in [0, 0.1) is 11.6 Å². The largest absolute Gasteiger partial charge is 0.345 e. The molecule has 1 N–H and O–H groups in total. The third kappa shape index (κ3) is 4.62. The number of amides is 2. The molecular weight excluding hydrogens is 376 g/mol. The van der Waals surface area contributed by atoms with Crippen LogP contribution in [0.15, 0.2) is 48.5 Å². The Labute approximate surface area is 168 Å². The Kier molecular flexibility index (Phi) is 5.58. The van der Waals surface area contributed by atoms with E-state index < -0.39 is 11.8 Å². The smallest absolute Gasteiger partial charge is 0.311 e. The average molecular weight is 399 g/mol. The highest BCUT2D eigenvalue weighted by Crippen LogP contribution is 2.30. The van der Waals surface area contributed by atoms with Gasteiger partial charge in [0.1, 0.15) is 11.6 Å². The zero-order valence-corrected chi connectivity index (χ0v) is 16.0. The minimum absolute atomic E-state index is 0.147. The van der Waals surface area contributed by atoms with Crippen LogP contribution in [0.2, 0.25) is 0 Å². The molecule has 0 atom stereocenters. The van der Waals surface area contributed by atoms with Crippen molar-refractivity contribution in [3.8, 4) is 0 Å². The number of carbonyl (C=O) groups excluding carboxylic acids is 2. The minimum Gasteiger partial charge on any atom is -0.345 e. The molecule has 1 aliphatic heterocycles. The number of hydrogen-bond donors (Lipinski definition) is 1. The topological polar surface area (TPSA) is 52.7 Å². The average Bonchev–Trinajstić information content (AvgIpc) is 3.55. The normalized spacial score (nSPS) is 17.4. The first kappa shape index (κ1) is 19.5. The van der Waals surface area contributed by atoms with Crippen molar-refractivity contribution in [1.29, 1.82) is 0 Å². The standard InChI is InChI=1S/C22H23F2N3O2/c23-17-5-1-15(2-6-17)20(16-3-7-18(24)8-4-16)26-11-13-27(14-12-26)22(29)21(28)25-19-9-10-19/h1-8,19-20H,9-14H2,(H,25,28). The first-order valence-electron chi connectivity index (χ1n) is 9.86. The molecule has 2 aliphatic rings. The Morgan fingerprint density at radius 2 is 1.31 bits per heavy atom. The lowest BCUT2D eigenvalue weighted by Crippen LogP contribution is -2.53. The molecule has 1 saturated carbocycles. The van der Waals surface area contributed by atoms with Gasteiger partial charge in [0.05, 0.1) is 6.04 Å². The highest BCUT2D eigenvalue weighted by atomic mass is 19.1. The van der Waals surface area contributed by atoms with E-state index in [0.717, 1.165) is 24.0 Å². The zero-order valence-electron chi connectivity index (χ0n) is 16.0. The van der Waals surface area contributed by atoms with Crippen molar-refractivity contribution in [2.75, 3.05) is 26.2 Å². The van der Waals surface area contributed by atoms with Gasteiger partial charge in [-0.3, -0.25) is 14.5 Å². The Bertz CT molecular complexity index is 828. The van der Waals surface area contributed by atoms with Crippen LogP contribution in [-0.2, 0) is 9.59 Å². The monoisotopic (exact) mass is 399 g/mol. The summed E-state index contributed by atoms with van der Waals surface area (Å²) < 4.78 is 26.8. The third-order valence-corrected chi connectivity index (χ3v) is 5.44. The van der Waals surface area contributed by atoms with Crippen LogP contribution < -0.4 is 5.32 Å². The van der Waals surface area contributed by atoms with Crippen molar-refractivity contribution in [3.63, 3.8) is 0 Å². The molecule has 5 nitrogen and oxygen atoms in total. The fraction of sp³-hybridized carbons (Fsp3) is 0.364. The second-order valence-electron chi connectivity index (χ2n) is 7.58. The Balaban J connectivity index is 1.48. The fourth-order valence-corrected chi connectivity index (χ4v) is 3.71. The number of halogens is 2. The summed E-state index contributed by atoms with van der Waals surface area (Å²) in [5.41, 5.74) is 1.79. The molecule has 29 heavy (non-hydrogen) atoms. The molecule has 0 spiro atoms. The van der Waals surface area contributed by atoms with E-state index in [-0.39, 0.29) is 23.7 Å². The molecule has 2 aromatic rings. The molecule has 0 radical (unpaired) electrons. The van der Waals surface area contributed by atoms with Crippen molar-refractivity contribution >= 4 is 11.8 Å². The number of nitrogens with one attached hydrogen (secondary N) is 1. The molecule has 4 rings (SSSR count). The lowest BCUT2D eigenvalue weighted by molar-refractivity contribution is -0.147. The summed E-state index contributed by atoms with van der Waals surface area (Å²) in [5.74, 6) is -1.65. The highest BCUT2D eigenvalue weighted by molar-refractivity contribution is 6.35. The summed E-state index contributed by atoms with van der Waals surface area (Å²) in [5, 5.41) is 2.73. The van der Waals surface area contributed by atoms with Gasteiger partial charge in [-0.2, -0.15) is 0 Å². The van der Waals surface area contributed by atoms with Crippen LogP contribution >= 0.6 is 0 Å². The predicted octanol–water partition coefficient (Wildman–Crippen LogP) is 2.48. The Hall–Kier alpha value is -2.80. The van der Waals surface area contributed by atoms with E-state index in [1.807, 2.05) is 0 Å². The Morgan fingerprint density at radius 3 is 1.76 bits per heavy atom. The maximum absolute atomic E-state index is 13.4. The van der Waals surface area contributed by atoms with Crippen molar-refractivity contribution in [1.82, 2.24) is 15.1 Å². The molecule has 2 fully saturated rings. The summed E-state index contributed by atoms with van der Waals surface area (Å²) in [6.45, 7) is 1.97. The second-order valence-corrected chi connectivity index (χ2v) is 7.58. The molecule has 0 unspecified atom stereocenters. The van der Waals surface area contributed by atoms with Gasteiger partial charge >= 0.3 is 11.8 Å². The third-order valence-electron chi connectivity index (χ3n) is 5.44. The lowest BCUT2D eigenvalue weighted by atomic mass is 9.96. The minimum atomic E-state index is -0.533. The van der Waals surface area contributed by atoms with Gasteiger partial charge in [0.25, 0.3) is 0 Å². The molecule has 1 aliphatic carbocycles. The number of hydrogen-bond acceptors (Lipinski definition) is 3. The van der Waals surface area contributed by atoms with Crippen LogP contribution in [0.5, 0.6) is 0 Å². The number of nitrogens with zero attached hydrogens (tertiary/aromatic N) is 2. The molecule has 2 aromatic carbocycles. The SMILES string of the molecule is O=C(NC1CC1)C(=O)N1CCN(C(c2ccc(F)cc2)c2ccc(F)cc2)CC1. The van der Waals surface area contributed by atoms with Gasteiger partial charge in [0, 0.05) is 32.2 Å². The summed E-state index contributed by atoms with van der Waals surface area (Å²) in [6, 6.07) is 12.5. The van der Waals surface area contributed by atoms with E-state index >= 15 is 0 Å². The molecule has 0 aromatic heterocycles. The van der Waals surface area contributed by atoms with Crippen LogP contribution in [0.4, 0.5) is 8.78 Å². The van der Waals surface area contributed by atoms with Gasteiger partial charge in [-0.15, -0.1) is 0 Å². The van der Waals surface area contributed by atoms with Crippen LogP contribution in [0.3, 0.4) is 0 Å². The van der Waals surface area contributed by atoms with Gasteiger partial charge in [-0.1, -0.05) is 24.3 Å². The summed E-state index contributed by atoms with van der Waals surface area (Å²) in [4.78, 5) is 28.1. The maximum atomic E-state index is 13.4. The van der Waals surface area contributed by atoms with E-state index in [9.17, 15) is 18.4 Å². The van der Waals surface area contributed by atoms with Crippen molar-refractivity contribution in [2.45, 2.75) is 24.9 Å². The molecular formula is C22H23F2N3O2. The summed E-state index contributed by atoms with van der Waals surface area (Å²) in [6.07, 6.45) is 1.87. The van der Waals surface area contributed by atoms with E-state index in [1.165, 1.54) is 24.3 Å². The predicted molar refractivity (Wildman–Crippen MR) is 104 cm³/mol. The molecule has 152 valence electrons. The van der Waals surface area contributed by atoms with Crippen LogP contribution in [0.1, 0.15) is 30.0 Å². The van der Waals surface area contributed by atoms with E-state index in [4.69, 9.17) is 0 Å². The number of benzene rings is 2. The van der Waals surface area contributed by atoms with Gasteiger partial charge in [-0.05, 0) is 48.2 Å². The van der Waals surface area contributed by atoms with Crippen molar-refractivity contribution < 1.29 is 18.4 Å². The van der Waals surface area contributed by atoms with E-state index in [0.29, 0.717) is 26.2 Å².